The van der Waals surface area contributed by atoms with Crippen LogP contribution in [0.3, 0.4) is 0 Å². The van der Waals surface area contributed by atoms with Crippen molar-refractivity contribution in [2.24, 2.45) is 0 Å². The summed E-state index contributed by atoms with van der Waals surface area (Å²) in [5, 5.41) is 12.4. The number of carboxylic acid groups (broad SMARTS) is 1. The number of rotatable bonds is 8. The Morgan fingerprint density at radius 3 is 2.81 bits per heavy atom. The van der Waals surface area contributed by atoms with Gasteiger partial charge in [0.05, 0.1) is 0 Å². The third-order valence-electron chi connectivity index (χ3n) is 3.86. The molecule has 0 aliphatic carbocycles. The maximum absolute atomic E-state index is 11.0. The van der Waals surface area contributed by atoms with Gasteiger partial charge in [-0.25, -0.2) is 4.79 Å². The Morgan fingerprint density at radius 1 is 1.38 bits per heavy atom. The Labute approximate surface area is 125 Å². The van der Waals surface area contributed by atoms with Gasteiger partial charge in [-0.3, -0.25) is 4.90 Å². The van der Waals surface area contributed by atoms with Crippen molar-refractivity contribution in [2.75, 3.05) is 32.8 Å². The molecule has 1 saturated heterocycles. The van der Waals surface area contributed by atoms with E-state index in [0.717, 1.165) is 6.54 Å². The molecule has 0 radical (unpaired) electrons. The molecule has 21 heavy (non-hydrogen) atoms. The second-order valence-corrected chi connectivity index (χ2v) is 5.45. The number of nitrogens with one attached hydrogen (secondary N) is 1. The van der Waals surface area contributed by atoms with Crippen molar-refractivity contribution in [2.45, 2.75) is 25.8 Å². The molecule has 5 nitrogen and oxygen atoms in total. The van der Waals surface area contributed by atoms with Crippen LogP contribution in [-0.4, -0.2) is 54.8 Å². The summed E-state index contributed by atoms with van der Waals surface area (Å²) in [5.74, 6) is -0.527. The molecule has 1 unspecified atom stereocenters. The molecule has 1 aliphatic heterocycles. The number of aromatic carboxylic acids is 1. The molecule has 1 fully saturated rings. The first-order valence-corrected chi connectivity index (χ1v) is 7.58. The zero-order valence-electron chi connectivity index (χ0n) is 12.5. The van der Waals surface area contributed by atoms with Crippen LogP contribution in [0.25, 0.3) is 0 Å². The maximum atomic E-state index is 11.0. The van der Waals surface area contributed by atoms with Crippen LogP contribution < -0.4 is 10.1 Å². The minimum atomic E-state index is -0.957. The van der Waals surface area contributed by atoms with Gasteiger partial charge < -0.3 is 15.2 Å². The van der Waals surface area contributed by atoms with Gasteiger partial charge in [-0.2, -0.15) is 0 Å². The first-order chi connectivity index (χ1) is 10.2. The quantitative estimate of drug-likeness (QED) is 0.716. The van der Waals surface area contributed by atoms with Crippen molar-refractivity contribution in [1.29, 1.82) is 0 Å². The molecule has 2 N–H and O–H groups in total. The van der Waals surface area contributed by atoms with Crippen LogP contribution in [0.15, 0.2) is 24.3 Å². The second kappa shape index (κ2) is 8.00. The number of nitrogens with zero attached hydrogens (tertiary/aromatic N) is 1. The van der Waals surface area contributed by atoms with Gasteiger partial charge >= 0.3 is 5.97 Å². The van der Waals surface area contributed by atoms with Crippen molar-refractivity contribution in [3.05, 3.63) is 29.8 Å². The highest BCUT2D eigenvalue weighted by Crippen LogP contribution is 2.17. The van der Waals surface area contributed by atoms with Crippen LogP contribution >= 0.6 is 0 Å². The summed E-state index contributed by atoms with van der Waals surface area (Å²) >= 11 is 0. The number of benzene rings is 1. The van der Waals surface area contributed by atoms with E-state index in [2.05, 4.69) is 17.1 Å². The lowest BCUT2D eigenvalue weighted by Gasteiger charge is -2.23. The predicted octanol–water partition coefficient (Wildman–Crippen LogP) is 1.84. The summed E-state index contributed by atoms with van der Waals surface area (Å²) in [6, 6.07) is 7.27. The van der Waals surface area contributed by atoms with E-state index in [-0.39, 0.29) is 5.56 Å². The molecule has 116 valence electrons. The van der Waals surface area contributed by atoms with E-state index >= 15 is 0 Å². The molecular formula is C16H24N2O3. The minimum absolute atomic E-state index is 0.211. The number of carboxylic acids is 1. The highest BCUT2D eigenvalue weighted by atomic mass is 16.5. The van der Waals surface area contributed by atoms with E-state index in [9.17, 15) is 4.79 Å². The molecule has 0 saturated carbocycles. The van der Waals surface area contributed by atoms with Gasteiger partial charge in [-0.1, -0.05) is 12.1 Å². The fourth-order valence-electron chi connectivity index (χ4n) is 2.62. The van der Waals surface area contributed by atoms with Gasteiger partial charge in [0.2, 0.25) is 0 Å². The van der Waals surface area contributed by atoms with Crippen LogP contribution in [0.2, 0.25) is 0 Å². The average Bonchev–Trinajstić information content (AvgIpc) is 3.01. The zero-order valence-corrected chi connectivity index (χ0v) is 12.5. The number of likely N-dealkylation sites (tertiary alicyclic amines) is 1. The second-order valence-electron chi connectivity index (χ2n) is 5.45. The monoisotopic (exact) mass is 292 g/mol. The number of carbonyl (C=O) groups is 1. The molecule has 5 heteroatoms. The Bertz CT molecular complexity index is 459. The summed E-state index contributed by atoms with van der Waals surface area (Å²) in [4.78, 5) is 13.5. The Hall–Kier alpha value is -1.59. The van der Waals surface area contributed by atoms with Crippen molar-refractivity contribution in [3.8, 4) is 5.75 Å². The standard InChI is InChI=1S/C16H24N2O3/c1-13(18-9-4-5-10-18)12-17-8-11-21-15-7-3-2-6-14(15)16(19)20/h2-3,6-7,13,17H,4-5,8-12H2,1H3,(H,19,20). The molecule has 0 spiro atoms. The molecule has 0 bridgehead atoms. The van der Waals surface area contributed by atoms with Gasteiger partial charge in [-0.15, -0.1) is 0 Å². The third kappa shape index (κ3) is 4.72. The number of hydrogen-bond acceptors (Lipinski definition) is 4. The lowest BCUT2D eigenvalue weighted by molar-refractivity contribution is 0.0692. The number of ether oxygens (including phenoxy) is 1. The summed E-state index contributed by atoms with van der Waals surface area (Å²) < 4.78 is 5.55. The lowest BCUT2D eigenvalue weighted by Crippen LogP contribution is -2.39. The fourth-order valence-corrected chi connectivity index (χ4v) is 2.62. The molecule has 1 heterocycles. The molecular weight excluding hydrogens is 268 g/mol. The Balaban J connectivity index is 1.67. The number of hydrogen-bond donors (Lipinski definition) is 2. The zero-order chi connectivity index (χ0) is 15.1. The molecule has 1 atom stereocenters. The van der Waals surface area contributed by atoms with Gasteiger partial charge in [-0.05, 0) is 45.0 Å². The SMILES string of the molecule is CC(CNCCOc1ccccc1C(=O)O)N1CCCC1. The highest BCUT2D eigenvalue weighted by molar-refractivity contribution is 5.90. The fraction of sp³-hybridized carbons (Fsp3) is 0.562. The lowest BCUT2D eigenvalue weighted by atomic mass is 10.2. The van der Waals surface area contributed by atoms with E-state index in [4.69, 9.17) is 9.84 Å². The van der Waals surface area contributed by atoms with Gasteiger partial charge in [0, 0.05) is 19.1 Å². The smallest absolute Gasteiger partial charge is 0.339 e. The normalized spacial score (nSPS) is 16.8. The average molecular weight is 292 g/mol. The van der Waals surface area contributed by atoms with E-state index < -0.39 is 5.97 Å². The molecule has 1 aromatic rings. The molecule has 0 amide bonds. The van der Waals surface area contributed by atoms with Crippen LogP contribution in [0.4, 0.5) is 0 Å². The number of para-hydroxylation sites is 1. The van der Waals surface area contributed by atoms with Crippen LogP contribution in [0, 0.1) is 0 Å². The topological polar surface area (TPSA) is 61.8 Å². The van der Waals surface area contributed by atoms with Crippen LogP contribution in [0.5, 0.6) is 5.75 Å². The van der Waals surface area contributed by atoms with E-state index in [0.29, 0.717) is 24.9 Å². The Kier molecular flexibility index (Phi) is 6.02. The first kappa shape index (κ1) is 15.8. The van der Waals surface area contributed by atoms with E-state index in [1.165, 1.54) is 25.9 Å². The molecule has 0 aromatic heterocycles. The minimum Gasteiger partial charge on any atom is -0.491 e. The summed E-state index contributed by atoms with van der Waals surface area (Å²) in [5.41, 5.74) is 0.211. The Morgan fingerprint density at radius 2 is 2.10 bits per heavy atom. The largest absolute Gasteiger partial charge is 0.491 e. The summed E-state index contributed by atoms with van der Waals surface area (Å²) in [6.45, 7) is 6.75. The van der Waals surface area contributed by atoms with Gasteiger partial charge in [0.25, 0.3) is 0 Å². The van der Waals surface area contributed by atoms with Gasteiger partial charge in [0.15, 0.2) is 0 Å². The predicted molar refractivity (Wildman–Crippen MR) is 82.0 cm³/mol. The van der Waals surface area contributed by atoms with E-state index in [1.807, 2.05) is 0 Å². The molecule has 1 aliphatic rings. The highest BCUT2D eigenvalue weighted by Gasteiger charge is 2.17. The maximum Gasteiger partial charge on any atom is 0.339 e. The van der Waals surface area contributed by atoms with Crippen molar-refractivity contribution in [1.82, 2.24) is 10.2 Å². The third-order valence-corrected chi connectivity index (χ3v) is 3.86. The summed E-state index contributed by atoms with van der Waals surface area (Å²) in [7, 11) is 0. The molecule has 1 aromatic carbocycles. The first-order valence-electron chi connectivity index (χ1n) is 7.58. The van der Waals surface area contributed by atoms with E-state index in [1.54, 1.807) is 24.3 Å². The van der Waals surface area contributed by atoms with Crippen molar-refractivity contribution >= 4 is 5.97 Å². The van der Waals surface area contributed by atoms with Crippen LogP contribution in [-0.2, 0) is 0 Å². The van der Waals surface area contributed by atoms with Gasteiger partial charge in [0.1, 0.15) is 17.9 Å². The molecule has 2 rings (SSSR count). The van der Waals surface area contributed by atoms with Crippen molar-refractivity contribution < 1.29 is 14.6 Å². The summed E-state index contributed by atoms with van der Waals surface area (Å²) in [6.07, 6.45) is 2.61. The van der Waals surface area contributed by atoms with Crippen LogP contribution in [0.1, 0.15) is 30.1 Å². The van der Waals surface area contributed by atoms with Crippen molar-refractivity contribution in [3.63, 3.8) is 0 Å².